The lowest BCUT2D eigenvalue weighted by molar-refractivity contribution is -0.137. The summed E-state index contributed by atoms with van der Waals surface area (Å²) >= 11 is 0. The maximum atomic E-state index is 12.5. The van der Waals surface area contributed by atoms with Gasteiger partial charge in [0.15, 0.2) is 0 Å². The zero-order chi connectivity index (χ0) is 15.9. The van der Waals surface area contributed by atoms with Crippen LogP contribution in [-0.2, 0) is 12.9 Å². The molecule has 1 aromatic carbocycles. The van der Waals surface area contributed by atoms with Crippen LogP contribution in [-0.4, -0.2) is 19.6 Å². The van der Waals surface area contributed by atoms with Crippen molar-refractivity contribution in [2.24, 2.45) is 0 Å². The van der Waals surface area contributed by atoms with Gasteiger partial charge < -0.3 is 14.7 Å². The molecule has 0 unspecified atom stereocenters. The number of aliphatic hydroxyl groups excluding tert-OH is 1. The molecule has 0 atom stereocenters. The van der Waals surface area contributed by atoms with Gasteiger partial charge in [0.05, 0.1) is 10.9 Å². The van der Waals surface area contributed by atoms with Crippen LogP contribution in [0.15, 0.2) is 41.3 Å². The SMILES string of the molecule is O=c1[nH]c(-c2ccc(C(F)(F)F)cc2)nc2c1ccn2CO. The summed E-state index contributed by atoms with van der Waals surface area (Å²) in [7, 11) is 0. The van der Waals surface area contributed by atoms with Gasteiger partial charge in [0, 0.05) is 11.8 Å². The Morgan fingerprint density at radius 1 is 1.18 bits per heavy atom. The van der Waals surface area contributed by atoms with Crippen LogP contribution >= 0.6 is 0 Å². The number of rotatable bonds is 2. The minimum atomic E-state index is -4.42. The van der Waals surface area contributed by atoms with Crippen LogP contribution in [0.3, 0.4) is 0 Å². The Morgan fingerprint density at radius 2 is 1.86 bits per heavy atom. The zero-order valence-corrected chi connectivity index (χ0v) is 11.1. The molecule has 8 heteroatoms. The van der Waals surface area contributed by atoms with Crippen LogP contribution in [0.1, 0.15) is 5.56 Å². The van der Waals surface area contributed by atoms with E-state index < -0.39 is 17.3 Å². The molecular formula is C14H10F3N3O2. The second kappa shape index (κ2) is 4.99. The molecule has 0 amide bonds. The van der Waals surface area contributed by atoms with Gasteiger partial charge in [0.25, 0.3) is 5.56 Å². The molecule has 0 saturated heterocycles. The fraction of sp³-hybridized carbons (Fsp3) is 0.143. The van der Waals surface area contributed by atoms with Gasteiger partial charge in [-0.1, -0.05) is 12.1 Å². The van der Waals surface area contributed by atoms with Gasteiger partial charge in [-0.2, -0.15) is 13.2 Å². The summed E-state index contributed by atoms with van der Waals surface area (Å²) < 4.78 is 39.0. The Morgan fingerprint density at radius 3 is 2.45 bits per heavy atom. The molecule has 3 rings (SSSR count). The molecule has 2 heterocycles. The van der Waals surface area contributed by atoms with Crippen LogP contribution in [0.4, 0.5) is 13.2 Å². The van der Waals surface area contributed by atoms with Gasteiger partial charge in [-0.15, -0.1) is 0 Å². The van der Waals surface area contributed by atoms with E-state index in [2.05, 4.69) is 9.97 Å². The molecular weight excluding hydrogens is 299 g/mol. The topological polar surface area (TPSA) is 70.9 Å². The molecule has 0 spiro atoms. The summed E-state index contributed by atoms with van der Waals surface area (Å²) in [6, 6.07) is 5.82. The van der Waals surface area contributed by atoms with Crippen molar-refractivity contribution >= 4 is 11.0 Å². The quantitative estimate of drug-likeness (QED) is 0.763. The first-order valence-corrected chi connectivity index (χ1v) is 6.28. The highest BCUT2D eigenvalue weighted by Crippen LogP contribution is 2.30. The van der Waals surface area contributed by atoms with Gasteiger partial charge >= 0.3 is 6.18 Å². The second-order valence-electron chi connectivity index (χ2n) is 4.65. The first-order chi connectivity index (χ1) is 10.4. The zero-order valence-electron chi connectivity index (χ0n) is 11.1. The second-order valence-corrected chi connectivity index (χ2v) is 4.65. The van der Waals surface area contributed by atoms with E-state index in [4.69, 9.17) is 0 Å². The highest BCUT2D eigenvalue weighted by atomic mass is 19.4. The van der Waals surface area contributed by atoms with Crippen LogP contribution < -0.4 is 5.56 Å². The molecule has 2 N–H and O–H groups in total. The number of alkyl halides is 3. The molecule has 0 aliphatic heterocycles. The maximum Gasteiger partial charge on any atom is 0.416 e. The number of nitrogens with zero attached hydrogens (tertiary/aromatic N) is 2. The first kappa shape index (κ1) is 14.3. The van der Waals surface area contributed by atoms with E-state index in [1.165, 1.54) is 29.0 Å². The smallest absolute Gasteiger partial charge is 0.376 e. The monoisotopic (exact) mass is 309 g/mol. The minimum Gasteiger partial charge on any atom is -0.376 e. The Kier molecular flexibility index (Phi) is 3.25. The third-order valence-corrected chi connectivity index (χ3v) is 3.27. The number of aromatic nitrogens is 3. The normalized spacial score (nSPS) is 12.0. The van der Waals surface area contributed by atoms with Crippen molar-refractivity contribution in [1.82, 2.24) is 14.5 Å². The first-order valence-electron chi connectivity index (χ1n) is 6.28. The number of H-pyrrole nitrogens is 1. The predicted molar refractivity (Wildman–Crippen MR) is 73.0 cm³/mol. The largest absolute Gasteiger partial charge is 0.416 e. The lowest BCUT2D eigenvalue weighted by atomic mass is 10.1. The number of hydrogen-bond acceptors (Lipinski definition) is 3. The van der Waals surface area contributed by atoms with Gasteiger partial charge in [0.1, 0.15) is 18.2 Å². The highest BCUT2D eigenvalue weighted by molar-refractivity contribution is 5.77. The lowest BCUT2D eigenvalue weighted by Crippen LogP contribution is -2.10. The summed E-state index contributed by atoms with van der Waals surface area (Å²) in [5.41, 5.74) is -0.593. The fourth-order valence-electron chi connectivity index (χ4n) is 2.14. The number of aromatic amines is 1. The standard InChI is InChI=1S/C14H10F3N3O2/c15-14(16,17)9-3-1-8(2-4-9)11-18-12-10(13(22)19-11)5-6-20(12)7-21/h1-6,21H,7H2,(H,18,19,22). The van der Waals surface area contributed by atoms with Crippen LogP contribution in [0.2, 0.25) is 0 Å². The molecule has 3 aromatic rings. The average molecular weight is 309 g/mol. The summed E-state index contributed by atoms with van der Waals surface area (Å²) in [4.78, 5) is 18.7. The number of benzene rings is 1. The Labute approximate surface area is 121 Å². The van der Waals surface area contributed by atoms with E-state index >= 15 is 0 Å². The van der Waals surface area contributed by atoms with Crippen molar-refractivity contribution in [3.05, 3.63) is 52.4 Å². The molecule has 114 valence electrons. The van der Waals surface area contributed by atoms with E-state index in [0.717, 1.165) is 12.1 Å². The molecule has 0 aliphatic carbocycles. The van der Waals surface area contributed by atoms with Crippen molar-refractivity contribution in [2.45, 2.75) is 12.9 Å². The van der Waals surface area contributed by atoms with Gasteiger partial charge in [-0.05, 0) is 18.2 Å². The maximum absolute atomic E-state index is 12.5. The van der Waals surface area contributed by atoms with E-state index in [1.807, 2.05) is 0 Å². The number of halogens is 3. The van der Waals surface area contributed by atoms with Gasteiger partial charge in [-0.3, -0.25) is 4.79 Å². The van der Waals surface area contributed by atoms with E-state index in [-0.39, 0.29) is 18.2 Å². The lowest BCUT2D eigenvalue weighted by Gasteiger charge is -2.07. The Bertz CT molecular complexity index is 879. The highest BCUT2D eigenvalue weighted by Gasteiger charge is 2.30. The number of nitrogens with one attached hydrogen (secondary N) is 1. The average Bonchev–Trinajstić information content (AvgIpc) is 2.90. The summed E-state index contributed by atoms with van der Waals surface area (Å²) in [6.45, 7) is -0.355. The number of aliphatic hydroxyl groups is 1. The Hall–Kier alpha value is -2.61. The van der Waals surface area contributed by atoms with Crippen molar-refractivity contribution in [2.75, 3.05) is 0 Å². The van der Waals surface area contributed by atoms with Crippen molar-refractivity contribution in [3.8, 4) is 11.4 Å². The number of hydrogen-bond donors (Lipinski definition) is 2. The van der Waals surface area contributed by atoms with Gasteiger partial charge in [0.2, 0.25) is 0 Å². The molecule has 0 saturated carbocycles. The van der Waals surface area contributed by atoms with Crippen LogP contribution in [0.5, 0.6) is 0 Å². The number of fused-ring (bicyclic) bond motifs is 1. The summed E-state index contributed by atoms with van der Waals surface area (Å²) in [5.74, 6) is 0.139. The van der Waals surface area contributed by atoms with Crippen molar-refractivity contribution < 1.29 is 18.3 Å². The Balaban J connectivity index is 2.12. The third kappa shape index (κ3) is 2.37. The van der Waals surface area contributed by atoms with Crippen LogP contribution in [0, 0.1) is 0 Å². The molecule has 2 aromatic heterocycles. The fourth-order valence-corrected chi connectivity index (χ4v) is 2.14. The van der Waals surface area contributed by atoms with Crippen LogP contribution in [0.25, 0.3) is 22.4 Å². The summed E-state index contributed by atoms with van der Waals surface area (Å²) in [5, 5.41) is 9.48. The van der Waals surface area contributed by atoms with E-state index in [0.29, 0.717) is 10.9 Å². The molecule has 0 aliphatic rings. The van der Waals surface area contributed by atoms with Crippen molar-refractivity contribution in [3.63, 3.8) is 0 Å². The van der Waals surface area contributed by atoms with Gasteiger partial charge in [-0.25, -0.2) is 4.98 Å². The molecule has 0 fully saturated rings. The molecule has 22 heavy (non-hydrogen) atoms. The minimum absolute atomic E-state index is 0.139. The third-order valence-electron chi connectivity index (χ3n) is 3.27. The summed E-state index contributed by atoms with van der Waals surface area (Å²) in [6.07, 6.45) is -2.92. The molecule has 0 bridgehead atoms. The van der Waals surface area contributed by atoms with E-state index in [1.54, 1.807) is 0 Å². The van der Waals surface area contributed by atoms with E-state index in [9.17, 15) is 23.1 Å². The molecule has 5 nitrogen and oxygen atoms in total. The molecule has 0 radical (unpaired) electrons. The van der Waals surface area contributed by atoms with Crippen molar-refractivity contribution in [1.29, 1.82) is 0 Å². The predicted octanol–water partition coefficient (Wildman–Crippen LogP) is 2.36.